The number of carbonyl (C=O) groups excluding carboxylic acids is 2. The van der Waals surface area contributed by atoms with Crippen LogP contribution in [0, 0.1) is 0 Å². The Kier molecular flexibility index (Phi) is 11.6. The maximum atomic E-state index is 12.0. The van der Waals surface area contributed by atoms with Crippen molar-refractivity contribution in [2.24, 2.45) is 0 Å². The lowest BCUT2D eigenvalue weighted by molar-refractivity contribution is 0.121. The Morgan fingerprint density at radius 2 is 1.04 bits per heavy atom. The SMILES string of the molecule is CCOC(=O)N1C=C/C(=C2/c3ccc(Cl)cc3CCc3cccnc32)CC1.CCOC(=O)N1C=C/C(=C2\c3ccc(Cl)cc3CCc3cccnc32)CC1. The molecule has 8 rings (SSSR count). The highest BCUT2D eigenvalue weighted by molar-refractivity contribution is 6.31. The normalized spacial score (nSPS) is 18.5. The molecular weight excluding hydrogens is 719 g/mol. The number of nitrogens with zero attached hydrogens (tertiary/aromatic N) is 4. The summed E-state index contributed by atoms with van der Waals surface area (Å²) >= 11 is 12.5. The summed E-state index contributed by atoms with van der Waals surface area (Å²) in [4.78, 5) is 36.6. The van der Waals surface area contributed by atoms with Crippen LogP contribution in [0.4, 0.5) is 9.59 Å². The minimum atomic E-state index is -0.302. The predicted octanol–water partition coefficient (Wildman–Crippen LogP) is 10.0. The van der Waals surface area contributed by atoms with Gasteiger partial charge < -0.3 is 9.47 Å². The molecule has 2 aromatic carbocycles. The van der Waals surface area contributed by atoms with Crippen molar-refractivity contribution in [3.63, 3.8) is 0 Å². The molecule has 0 spiro atoms. The van der Waals surface area contributed by atoms with Crippen LogP contribution < -0.4 is 0 Å². The zero-order valence-electron chi connectivity index (χ0n) is 30.5. The van der Waals surface area contributed by atoms with Gasteiger partial charge in [-0.2, -0.15) is 0 Å². The van der Waals surface area contributed by atoms with E-state index in [2.05, 4.69) is 36.4 Å². The van der Waals surface area contributed by atoms with Gasteiger partial charge in [0.2, 0.25) is 0 Å². The van der Waals surface area contributed by atoms with Gasteiger partial charge in [-0.3, -0.25) is 19.8 Å². The van der Waals surface area contributed by atoms with Gasteiger partial charge >= 0.3 is 12.2 Å². The molecule has 4 aromatic rings. The van der Waals surface area contributed by atoms with Crippen LogP contribution in [0.15, 0.2) is 109 Å². The van der Waals surface area contributed by atoms with Crippen molar-refractivity contribution in [2.45, 2.75) is 52.4 Å². The van der Waals surface area contributed by atoms with Gasteiger partial charge in [0, 0.05) is 59.1 Å². The molecule has 0 unspecified atom stereocenters. The first-order valence-electron chi connectivity index (χ1n) is 18.5. The number of allylic oxidation sites excluding steroid dienone is 2. The molecule has 0 bridgehead atoms. The van der Waals surface area contributed by atoms with Crippen LogP contribution in [0.1, 0.15) is 71.5 Å². The standard InChI is InChI=1S/2C22H21ClN2O2/c2*1-2-27-22(26)25-12-9-15(10-13-25)20-19-8-7-18(23)14-17(19)6-5-16-4-3-11-24-21(16)20/h2*3-4,7-9,11-12,14H,2,5-6,10,13H2,1H3/b20-15+;20-15-. The molecule has 4 heterocycles. The van der Waals surface area contributed by atoms with Crippen LogP contribution in [-0.4, -0.2) is 58.3 Å². The number of aryl methyl sites for hydroxylation is 4. The molecule has 0 atom stereocenters. The average Bonchev–Trinajstić information content (AvgIpc) is 3.46. The molecule has 54 heavy (non-hydrogen) atoms. The van der Waals surface area contributed by atoms with Gasteiger partial charge in [0.05, 0.1) is 24.6 Å². The molecule has 0 radical (unpaired) electrons. The summed E-state index contributed by atoms with van der Waals surface area (Å²) < 4.78 is 10.2. The van der Waals surface area contributed by atoms with E-state index < -0.39 is 0 Å². The van der Waals surface area contributed by atoms with Crippen molar-refractivity contribution in [3.05, 3.63) is 164 Å². The molecule has 10 heteroatoms. The van der Waals surface area contributed by atoms with E-state index in [0.29, 0.717) is 26.3 Å². The number of aromatic nitrogens is 2. The topological polar surface area (TPSA) is 84.9 Å². The quantitative estimate of drug-likeness (QED) is 0.202. The highest BCUT2D eigenvalue weighted by Crippen LogP contribution is 2.39. The Labute approximate surface area is 326 Å². The minimum absolute atomic E-state index is 0.302. The lowest BCUT2D eigenvalue weighted by Crippen LogP contribution is -2.29. The molecule has 4 aliphatic rings. The summed E-state index contributed by atoms with van der Waals surface area (Å²) in [6, 6.07) is 20.4. The number of rotatable bonds is 2. The van der Waals surface area contributed by atoms with E-state index in [1.807, 2.05) is 75.1 Å². The molecule has 8 nitrogen and oxygen atoms in total. The molecule has 2 aromatic heterocycles. The van der Waals surface area contributed by atoms with Crippen molar-refractivity contribution in [1.29, 1.82) is 0 Å². The lowest BCUT2D eigenvalue weighted by Gasteiger charge is -2.24. The highest BCUT2D eigenvalue weighted by atomic mass is 35.5. The zero-order valence-corrected chi connectivity index (χ0v) is 32.0. The van der Waals surface area contributed by atoms with E-state index in [1.165, 1.54) is 44.5 Å². The number of hydrogen-bond donors (Lipinski definition) is 0. The predicted molar refractivity (Wildman–Crippen MR) is 213 cm³/mol. The summed E-state index contributed by atoms with van der Waals surface area (Å²) in [5.74, 6) is 0. The fourth-order valence-corrected chi connectivity index (χ4v) is 7.88. The smallest absolute Gasteiger partial charge is 0.413 e. The fraction of sp³-hybridized carbons (Fsp3) is 0.273. The van der Waals surface area contributed by atoms with Gasteiger partial charge in [0.25, 0.3) is 0 Å². The largest absolute Gasteiger partial charge is 0.449 e. The van der Waals surface area contributed by atoms with Crippen LogP contribution >= 0.6 is 23.2 Å². The van der Waals surface area contributed by atoms with E-state index in [9.17, 15) is 9.59 Å². The van der Waals surface area contributed by atoms with Crippen LogP contribution in [0.5, 0.6) is 0 Å². The van der Waals surface area contributed by atoms with Gasteiger partial charge in [-0.25, -0.2) is 9.59 Å². The fourth-order valence-electron chi connectivity index (χ4n) is 7.49. The lowest BCUT2D eigenvalue weighted by atomic mass is 9.90. The highest BCUT2D eigenvalue weighted by Gasteiger charge is 2.26. The maximum Gasteiger partial charge on any atom is 0.413 e. The van der Waals surface area contributed by atoms with Crippen LogP contribution in [0.2, 0.25) is 10.0 Å². The second-order valence-corrected chi connectivity index (χ2v) is 14.2. The first-order chi connectivity index (χ1) is 26.3. The molecule has 2 aliphatic heterocycles. The third-order valence-electron chi connectivity index (χ3n) is 10.1. The van der Waals surface area contributed by atoms with Crippen LogP contribution in [0.3, 0.4) is 0 Å². The summed E-state index contributed by atoms with van der Waals surface area (Å²) in [6.45, 7) is 5.58. The zero-order chi connectivity index (χ0) is 37.6. The summed E-state index contributed by atoms with van der Waals surface area (Å²) in [7, 11) is 0. The molecule has 0 N–H and O–H groups in total. The van der Waals surface area contributed by atoms with E-state index in [4.69, 9.17) is 42.6 Å². The van der Waals surface area contributed by atoms with Crippen LogP contribution in [-0.2, 0) is 35.2 Å². The number of hydrogen-bond acceptors (Lipinski definition) is 6. The third kappa shape index (κ3) is 8.00. The molecule has 0 fully saturated rings. The van der Waals surface area contributed by atoms with E-state index in [0.717, 1.165) is 71.1 Å². The first kappa shape index (κ1) is 37.1. The summed E-state index contributed by atoms with van der Waals surface area (Å²) in [6.07, 6.45) is 16.0. The Hall–Kier alpha value is -5.18. The Bertz CT molecular complexity index is 2050. The number of amides is 2. The van der Waals surface area contributed by atoms with E-state index in [-0.39, 0.29) is 12.2 Å². The van der Waals surface area contributed by atoms with Crippen molar-refractivity contribution in [1.82, 2.24) is 19.8 Å². The van der Waals surface area contributed by atoms with Crippen molar-refractivity contribution >= 4 is 46.5 Å². The van der Waals surface area contributed by atoms with Gasteiger partial charge in [0.1, 0.15) is 0 Å². The van der Waals surface area contributed by atoms with Crippen molar-refractivity contribution in [3.8, 4) is 0 Å². The second-order valence-electron chi connectivity index (χ2n) is 13.3. The van der Waals surface area contributed by atoms with E-state index >= 15 is 0 Å². The van der Waals surface area contributed by atoms with Crippen molar-refractivity contribution < 1.29 is 19.1 Å². The molecule has 2 amide bonds. The molecular formula is C44H42Cl2N4O4. The first-order valence-corrected chi connectivity index (χ1v) is 19.3. The molecule has 0 saturated carbocycles. The number of halogens is 2. The molecule has 2 aliphatic carbocycles. The molecule has 0 saturated heterocycles. The number of carbonyl (C=O) groups is 2. The summed E-state index contributed by atoms with van der Waals surface area (Å²) in [5, 5.41) is 1.51. The van der Waals surface area contributed by atoms with Crippen LogP contribution in [0.25, 0.3) is 11.1 Å². The Morgan fingerprint density at radius 3 is 1.43 bits per heavy atom. The van der Waals surface area contributed by atoms with Gasteiger partial charge in [0.15, 0.2) is 0 Å². The number of benzene rings is 2. The third-order valence-corrected chi connectivity index (χ3v) is 10.5. The monoisotopic (exact) mass is 760 g/mol. The van der Waals surface area contributed by atoms with Gasteiger partial charge in [-0.05, 0) is 145 Å². The number of ether oxygens (including phenoxy) is 2. The minimum Gasteiger partial charge on any atom is -0.449 e. The van der Waals surface area contributed by atoms with Crippen molar-refractivity contribution in [2.75, 3.05) is 26.3 Å². The van der Waals surface area contributed by atoms with Gasteiger partial charge in [-0.15, -0.1) is 0 Å². The van der Waals surface area contributed by atoms with Gasteiger partial charge in [-0.1, -0.05) is 47.5 Å². The summed E-state index contributed by atoms with van der Waals surface area (Å²) in [5.41, 5.74) is 14.1. The number of fused-ring (bicyclic) bond motifs is 4. The Balaban J connectivity index is 0.000000167. The number of pyridine rings is 2. The maximum absolute atomic E-state index is 12.0. The average molecular weight is 762 g/mol. The molecule has 276 valence electrons. The Morgan fingerprint density at radius 1 is 0.611 bits per heavy atom. The second kappa shape index (κ2) is 16.9. The van der Waals surface area contributed by atoms with E-state index in [1.54, 1.807) is 9.80 Å².